The predicted octanol–water partition coefficient (Wildman–Crippen LogP) is 1.29. The second-order valence-corrected chi connectivity index (χ2v) is 1.89. The Kier molecular flexibility index (Phi) is 6.16. The fourth-order valence-corrected chi connectivity index (χ4v) is 0.577. The Morgan fingerprint density at radius 1 is 1.00 bits per heavy atom. The van der Waals surface area contributed by atoms with Crippen LogP contribution in [0.1, 0.15) is 0 Å². The molecule has 0 aliphatic heterocycles. The van der Waals surface area contributed by atoms with Crippen molar-refractivity contribution in [1.29, 1.82) is 0 Å². The van der Waals surface area contributed by atoms with Crippen molar-refractivity contribution in [3.63, 3.8) is 0 Å². The Bertz CT molecular complexity index is 34.8. The number of rotatable bonds is 2. The Labute approximate surface area is 43.8 Å². The molecule has 2 unspecified atom stereocenters. The van der Waals surface area contributed by atoms with Gasteiger partial charge in [0.2, 0.25) is 0 Å². The standard InChI is InChI=1S/C4H10P2/c5-3-1-2-4-6/h1-2H,3-6H2. The molecule has 0 N–H and O–H groups in total. The van der Waals surface area contributed by atoms with Gasteiger partial charge in [-0.05, 0) is 12.3 Å². The van der Waals surface area contributed by atoms with Gasteiger partial charge in [-0.15, -0.1) is 18.5 Å². The van der Waals surface area contributed by atoms with Gasteiger partial charge in [-0.1, -0.05) is 12.2 Å². The highest BCUT2D eigenvalue weighted by Crippen LogP contribution is 1.84. The van der Waals surface area contributed by atoms with Crippen molar-refractivity contribution in [2.24, 2.45) is 0 Å². The first-order valence-electron chi connectivity index (χ1n) is 1.97. The Morgan fingerprint density at radius 3 is 1.50 bits per heavy atom. The van der Waals surface area contributed by atoms with E-state index in [0.29, 0.717) is 0 Å². The van der Waals surface area contributed by atoms with Crippen molar-refractivity contribution in [3.8, 4) is 0 Å². The fourth-order valence-electron chi connectivity index (χ4n) is 0.192. The van der Waals surface area contributed by atoms with E-state index < -0.39 is 0 Å². The molecule has 0 fully saturated rings. The van der Waals surface area contributed by atoms with E-state index in [2.05, 4.69) is 30.6 Å². The summed E-state index contributed by atoms with van der Waals surface area (Å²) in [5, 5.41) is 0. The van der Waals surface area contributed by atoms with E-state index >= 15 is 0 Å². The zero-order chi connectivity index (χ0) is 4.83. The molecule has 2 heteroatoms. The molecule has 0 heterocycles. The third-order valence-corrected chi connectivity index (χ3v) is 0.983. The molecule has 0 aromatic rings. The molecule has 0 aromatic heterocycles. The first kappa shape index (κ1) is 6.60. The summed E-state index contributed by atoms with van der Waals surface area (Å²) >= 11 is 0. The topological polar surface area (TPSA) is 0 Å². The second kappa shape index (κ2) is 5.60. The van der Waals surface area contributed by atoms with Crippen LogP contribution in [-0.4, -0.2) is 12.3 Å². The molecule has 0 saturated carbocycles. The Balaban J connectivity index is 2.73. The molecule has 0 spiro atoms. The maximum absolute atomic E-state index is 2.63. The van der Waals surface area contributed by atoms with Gasteiger partial charge >= 0.3 is 0 Å². The number of hydrogen-bond donors (Lipinski definition) is 0. The third-order valence-electron chi connectivity index (χ3n) is 0.439. The quantitative estimate of drug-likeness (QED) is 0.380. The molecular weight excluding hydrogens is 110 g/mol. The summed E-state index contributed by atoms with van der Waals surface area (Å²) < 4.78 is 0. The largest absolute Gasteiger partial charge is 0.134 e. The maximum Gasteiger partial charge on any atom is -0.0200 e. The van der Waals surface area contributed by atoms with Crippen LogP contribution in [0.2, 0.25) is 0 Å². The molecule has 0 aliphatic rings. The van der Waals surface area contributed by atoms with Crippen molar-refractivity contribution in [1.82, 2.24) is 0 Å². The molecule has 0 aromatic carbocycles. The highest BCUT2D eigenvalue weighted by atomic mass is 31.0. The zero-order valence-corrected chi connectivity index (χ0v) is 6.03. The second-order valence-electron chi connectivity index (χ2n) is 0.943. The van der Waals surface area contributed by atoms with Gasteiger partial charge in [0.05, 0.1) is 0 Å². The molecule has 2 atom stereocenters. The van der Waals surface area contributed by atoms with E-state index in [-0.39, 0.29) is 0 Å². The van der Waals surface area contributed by atoms with Crippen LogP contribution in [0.3, 0.4) is 0 Å². The summed E-state index contributed by atoms with van der Waals surface area (Å²) in [4.78, 5) is 0. The summed E-state index contributed by atoms with van der Waals surface area (Å²) in [6, 6.07) is 0. The monoisotopic (exact) mass is 120 g/mol. The Hall–Kier alpha value is 0.600. The molecule has 0 amide bonds. The molecule has 0 radical (unpaired) electrons. The highest BCUT2D eigenvalue weighted by Gasteiger charge is 1.59. The average molecular weight is 120 g/mol. The van der Waals surface area contributed by atoms with Gasteiger partial charge in [0.25, 0.3) is 0 Å². The lowest BCUT2D eigenvalue weighted by atomic mass is 10.6. The fraction of sp³-hybridized carbons (Fsp3) is 0.500. The van der Waals surface area contributed by atoms with Crippen LogP contribution in [0.25, 0.3) is 0 Å². The van der Waals surface area contributed by atoms with Crippen LogP contribution >= 0.6 is 18.5 Å². The van der Waals surface area contributed by atoms with E-state index in [1.807, 2.05) is 0 Å². The summed E-state index contributed by atoms with van der Waals surface area (Å²) in [6.45, 7) is 0. The van der Waals surface area contributed by atoms with Crippen molar-refractivity contribution >= 4 is 18.5 Å². The molecule has 0 bridgehead atoms. The third kappa shape index (κ3) is 4.60. The average Bonchev–Trinajstić information content (AvgIpc) is 1.61. The predicted molar refractivity (Wildman–Crippen MR) is 38.3 cm³/mol. The molecule has 0 nitrogen and oxygen atoms in total. The van der Waals surface area contributed by atoms with Gasteiger partial charge in [0.1, 0.15) is 0 Å². The molecule has 0 aliphatic carbocycles. The lowest BCUT2D eigenvalue weighted by Gasteiger charge is -1.72. The number of allylic oxidation sites excluding steroid dienone is 2. The summed E-state index contributed by atoms with van der Waals surface area (Å²) in [5.74, 6) is 0. The summed E-state index contributed by atoms with van der Waals surface area (Å²) in [7, 11) is 5.27. The van der Waals surface area contributed by atoms with E-state index in [9.17, 15) is 0 Å². The van der Waals surface area contributed by atoms with Crippen molar-refractivity contribution in [2.75, 3.05) is 12.3 Å². The van der Waals surface area contributed by atoms with Gasteiger partial charge in [-0.25, -0.2) is 0 Å². The van der Waals surface area contributed by atoms with E-state index in [1.165, 1.54) is 0 Å². The van der Waals surface area contributed by atoms with Gasteiger partial charge in [-0.2, -0.15) is 0 Å². The van der Waals surface area contributed by atoms with Gasteiger partial charge in [-0.3, -0.25) is 0 Å². The Morgan fingerprint density at radius 2 is 1.33 bits per heavy atom. The minimum atomic E-state index is 1.08. The van der Waals surface area contributed by atoms with E-state index in [1.54, 1.807) is 0 Å². The molecule has 0 rings (SSSR count). The van der Waals surface area contributed by atoms with Gasteiger partial charge < -0.3 is 0 Å². The van der Waals surface area contributed by atoms with Crippen LogP contribution in [-0.2, 0) is 0 Å². The summed E-state index contributed by atoms with van der Waals surface area (Å²) in [5.41, 5.74) is 0. The minimum Gasteiger partial charge on any atom is -0.134 e. The molecular formula is C4H10P2. The molecule has 6 heavy (non-hydrogen) atoms. The van der Waals surface area contributed by atoms with E-state index in [4.69, 9.17) is 0 Å². The van der Waals surface area contributed by atoms with Gasteiger partial charge in [0.15, 0.2) is 0 Å². The zero-order valence-electron chi connectivity index (χ0n) is 3.72. The van der Waals surface area contributed by atoms with Crippen molar-refractivity contribution in [2.45, 2.75) is 0 Å². The smallest absolute Gasteiger partial charge is 0.0200 e. The van der Waals surface area contributed by atoms with Crippen molar-refractivity contribution < 1.29 is 0 Å². The summed E-state index contributed by atoms with van der Waals surface area (Å²) in [6.07, 6.45) is 6.40. The van der Waals surface area contributed by atoms with E-state index in [0.717, 1.165) is 12.3 Å². The minimum absolute atomic E-state index is 1.08. The molecule has 0 saturated heterocycles. The normalized spacial score (nSPS) is 10.3. The lowest BCUT2D eigenvalue weighted by Crippen LogP contribution is -1.58. The SMILES string of the molecule is PCC=CCP. The van der Waals surface area contributed by atoms with Crippen LogP contribution in [0.15, 0.2) is 12.2 Å². The van der Waals surface area contributed by atoms with Crippen LogP contribution in [0.4, 0.5) is 0 Å². The highest BCUT2D eigenvalue weighted by molar-refractivity contribution is 7.17. The van der Waals surface area contributed by atoms with Crippen LogP contribution in [0.5, 0.6) is 0 Å². The maximum atomic E-state index is 2.63. The number of hydrogen-bond acceptors (Lipinski definition) is 0. The van der Waals surface area contributed by atoms with Crippen molar-refractivity contribution in [3.05, 3.63) is 12.2 Å². The molecule has 36 valence electrons. The van der Waals surface area contributed by atoms with Crippen LogP contribution < -0.4 is 0 Å². The van der Waals surface area contributed by atoms with Gasteiger partial charge in [0, 0.05) is 0 Å². The first-order chi connectivity index (χ1) is 2.91. The lowest BCUT2D eigenvalue weighted by molar-refractivity contribution is 1.68. The van der Waals surface area contributed by atoms with Crippen LogP contribution in [0, 0.1) is 0 Å². The first-order valence-corrected chi connectivity index (χ1v) is 3.60.